The minimum atomic E-state index is -0.884. The number of rotatable bonds is 3. The number of hydrogen-bond acceptors (Lipinski definition) is 2. The van der Waals surface area contributed by atoms with Gasteiger partial charge in [-0.1, -0.05) is 0 Å². The van der Waals surface area contributed by atoms with Gasteiger partial charge in [0.25, 0.3) is 5.91 Å². The maximum atomic E-state index is 13.3. The highest BCUT2D eigenvalue weighted by atomic mass is 19.1. The number of halogens is 3. The van der Waals surface area contributed by atoms with Crippen LogP contribution in [0, 0.1) is 17.5 Å². The van der Waals surface area contributed by atoms with Gasteiger partial charge < -0.3 is 16.0 Å². The van der Waals surface area contributed by atoms with Gasteiger partial charge in [-0.2, -0.15) is 0 Å². The summed E-state index contributed by atoms with van der Waals surface area (Å²) < 4.78 is 39.4. The van der Waals surface area contributed by atoms with E-state index in [-0.39, 0.29) is 16.9 Å². The van der Waals surface area contributed by atoms with E-state index in [1.807, 2.05) is 0 Å². The fourth-order valence-electron chi connectivity index (χ4n) is 1.86. The fraction of sp³-hybridized carbons (Fsp3) is 0.0667. The van der Waals surface area contributed by atoms with Crippen LogP contribution >= 0.6 is 0 Å². The Hall–Kier alpha value is -3.03. The van der Waals surface area contributed by atoms with Crippen molar-refractivity contribution in [2.45, 2.75) is 0 Å². The van der Waals surface area contributed by atoms with Crippen LogP contribution in [0.15, 0.2) is 36.4 Å². The Kier molecular flexibility index (Phi) is 4.85. The largest absolute Gasteiger partial charge is 0.355 e. The lowest BCUT2D eigenvalue weighted by Gasteiger charge is -2.11. The van der Waals surface area contributed by atoms with Crippen LogP contribution in [0.2, 0.25) is 0 Å². The van der Waals surface area contributed by atoms with E-state index in [0.717, 1.165) is 24.3 Å². The highest BCUT2D eigenvalue weighted by molar-refractivity contribution is 6.06. The summed E-state index contributed by atoms with van der Waals surface area (Å²) in [5.74, 6) is -2.92. The number of carbonyl (C=O) groups excluding carboxylic acids is 2. The molecule has 0 spiro atoms. The van der Waals surface area contributed by atoms with Crippen LogP contribution in [0.3, 0.4) is 0 Å². The molecule has 0 atom stereocenters. The molecule has 0 bridgehead atoms. The molecule has 0 aliphatic carbocycles. The molecule has 0 aliphatic heterocycles. The first-order valence-electron chi connectivity index (χ1n) is 6.45. The average Bonchev–Trinajstić information content (AvgIpc) is 2.45. The Morgan fingerprint density at radius 2 is 1.52 bits per heavy atom. The Morgan fingerprint density at radius 1 is 0.870 bits per heavy atom. The van der Waals surface area contributed by atoms with Gasteiger partial charge in [-0.05, 0) is 30.3 Å². The fourth-order valence-corrected chi connectivity index (χ4v) is 1.86. The zero-order valence-electron chi connectivity index (χ0n) is 11.9. The van der Waals surface area contributed by atoms with Gasteiger partial charge in [0.2, 0.25) is 0 Å². The standard InChI is InChI=1S/C15H12F3N3O2/c1-19-14(22)12-3-2-8(16)7-13(12)21-15(23)20-11-5-9(17)4-10(18)6-11/h2-7H,1H3,(H,19,22)(H2,20,21,23). The summed E-state index contributed by atoms with van der Waals surface area (Å²) in [6.45, 7) is 0. The molecule has 0 unspecified atom stereocenters. The third kappa shape index (κ3) is 4.22. The first-order valence-corrected chi connectivity index (χ1v) is 6.45. The summed E-state index contributed by atoms with van der Waals surface area (Å²) >= 11 is 0. The molecule has 2 aromatic rings. The van der Waals surface area contributed by atoms with Gasteiger partial charge in [0.1, 0.15) is 17.5 Å². The van der Waals surface area contributed by atoms with Crippen molar-refractivity contribution in [3.8, 4) is 0 Å². The Morgan fingerprint density at radius 3 is 2.13 bits per heavy atom. The van der Waals surface area contributed by atoms with E-state index in [9.17, 15) is 22.8 Å². The monoisotopic (exact) mass is 323 g/mol. The molecular formula is C15H12F3N3O2. The summed E-state index contributed by atoms with van der Waals surface area (Å²) in [5, 5.41) is 6.80. The maximum Gasteiger partial charge on any atom is 0.323 e. The van der Waals surface area contributed by atoms with Crippen LogP contribution in [0.25, 0.3) is 0 Å². The van der Waals surface area contributed by atoms with Gasteiger partial charge in [-0.25, -0.2) is 18.0 Å². The number of nitrogens with one attached hydrogen (secondary N) is 3. The minimum absolute atomic E-state index is 0.0365. The number of amides is 3. The molecule has 2 aromatic carbocycles. The summed E-state index contributed by atoms with van der Waals surface area (Å²) in [6, 6.07) is 4.81. The smallest absolute Gasteiger partial charge is 0.323 e. The van der Waals surface area contributed by atoms with Gasteiger partial charge in [0.05, 0.1) is 11.3 Å². The van der Waals surface area contributed by atoms with Crippen LogP contribution in [-0.4, -0.2) is 19.0 Å². The first-order chi connectivity index (χ1) is 10.9. The Bertz CT molecular complexity index is 745. The number of benzene rings is 2. The summed E-state index contributed by atoms with van der Waals surface area (Å²) in [6.07, 6.45) is 0. The molecule has 2 rings (SSSR count). The van der Waals surface area contributed by atoms with Crippen molar-refractivity contribution in [1.82, 2.24) is 5.32 Å². The van der Waals surface area contributed by atoms with Gasteiger partial charge in [0, 0.05) is 18.8 Å². The SMILES string of the molecule is CNC(=O)c1ccc(F)cc1NC(=O)Nc1cc(F)cc(F)c1. The van der Waals surface area contributed by atoms with Crippen LogP contribution in [0.1, 0.15) is 10.4 Å². The molecule has 8 heteroatoms. The van der Waals surface area contributed by atoms with E-state index in [4.69, 9.17) is 0 Å². The van der Waals surface area contributed by atoms with E-state index in [2.05, 4.69) is 16.0 Å². The third-order valence-corrected chi connectivity index (χ3v) is 2.82. The molecular weight excluding hydrogens is 311 g/mol. The van der Waals surface area contributed by atoms with Crippen molar-refractivity contribution in [2.24, 2.45) is 0 Å². The van der Waals surface area contributed by atoms with E-state index < -0.39 is 29.4 Å². The van der Waals surface area contributed by atoms with E-state index in [1.54, 1.807) is 0 Å². The Labute approximate surface area is 129 Å². The second kappa shape index (κ2) is 6.82. The first kappa shape index (κ1) is 16.3. The maximum absolute atomic E-state index is 13.3. The lowest BCUT2D eigenvalue weighted by Crippen LogP contribution is -2.24. The molecule has 5 nitrogen and oxygen atoms in total. The lowest BCUT2D eigenvalue weighted by molar-refractivity contribution is 0.0964. The summed E-state index contributed by atoms with van der Waals surface area (Å²) in [4.78, 5) is 23.5. The van der Waals surface area contributed by atoms with E-state index >= 15 is 0 Å². The van der Waals surface area contributed by atoms with Crippen molar-refractivity contribution in [2.75, 3.05) is 17.7 Å². The predicted molar refractivity (Wildman–Crippen MR) is 78.8 cm³/mol. The van der Waals surface area contributed by atoms with Crippen LogP contribution in [0.5, 0.6) is 0 Å². The van der Waals surface area contributed by atoms with Crippen LogP contribution in [0.4, 0.5) is 29.3 Å². The summed E-state index contributed by atoms with van der Waals surface area (Å²) in [7, 11) is 1.38. The van der Waals surface area contributed by atoms with Crippen molar-refractivity contribution >= 4 is 23.3 Å². The molecule has 0 saturated heterocycles. The topological polar surface area (TPSA) is 70.2 Å². The van der Waals surface area contributed by atoms with E-state index in [1.165, 1.54) is 13.1 Å². The van der Waals surface area contributed by atoms with Crippen molar-refractivity contribution in [3.63, 3.8) is 0 Å². The number of urea groups is 1. The Balaban J connectivity index is 2.19. The zero-order valence-corrected chi connectivity index (χ0v) is 11.9. The molecule has 23 heavy (non-hydrogen) atoms. The molecule has 0 saturated carbocycles. The second-order valence-corrected chi connectivity index (χ2v) is 4.51. The highest BCUT2D eigenvalue weighted by Gasteiger charge is 2.14. The van der Waals surface area contributed by atoms with Gasteiger partial charge in [0.15, 0.2) is 0 Å². The predicted octanol–water partition coefficient (Wildman–Crippen LogP) is 3.11. The summed E-state index contributed by atoms with van der Waals surface area (Å²) in [5.41, 5.74) is -0.175. The molecule has 0 heterocycles. The third-order valence-electron chi connectivity index (χ3n) is 2.82. The van der Waals surface area contributed by atoms with Crippen molar-refractivity contribution in [3.05, 3.63) is 59.4 Å². The zero-order chi connectivity index (χ0) is 17.0. The molecule has 0 radical (unpaired) electrons. The van der Waals surface area contributed by atoms with Gasteiger partial charge in [-0.3, -0.25) is 4.79 Å². The molecule has 120 valence electrons. The number of carbonyl (C=O) groups is 2. The van der Waals surface area contributed by atoms with Crippen LogP contribution < -0.4 is 16.0 Å². The van der Waals surface area contributed by atoms with Crippen molar-refractivity contribution in [1.29, 1.82) is 0 Å². The molecule has 0 fully saturated rings. The second-order valence-electron chi connectivity index (χ2n) is 4.51. The van der Waals surface area contributed by atoms with Gasteiger partial charge in [-0.15, -0.1) is 0 Å². The van der Waals surface area contributed by atoms with E-state index in [0.29, 0.717) is 6.07 Å². The molecule has 3 N–H and O–H groups in total. The quantitative estimate of drug-likeness (QED) is 0.812. The minimum Gasteiger partial charge on any atom is -0.355 e. The number of anilines is 2. The molecule has 3 amide bonds. The number of hydrogen-bond donors (Lipinski definition) is 3. The van der Waals surface area contributed by atoms with Crippen molar-refractivity contribution < 1.29 is 22.8 Å². The normalized spacial score (nSPS) is 10.1. The van der Waals surface area contributed by atoms with Crippen LogP contribution in [-0.2, 0) is 0 Å². The highest BCUT2D eigenvalue weighted by Crippen LogP contribution is 2.18. The molecule has 0 aliphatic rings. The van der Waals surface area contributed by atoms with Gasteiger partial charge >= 0.3 is 6.03 Å². The molecule has 0 aromatic heterocycles. The lowest BCUT2D eigenvalue weighted by atomic mass is 10.1. The average molecular weight is 323 g/mol.